The van der Waals surface area contributed by atoms with Crippen LogP contribution in [-0.4, -0.2) is 42.1 Å². The van der Waals surface area contributed by atoms with Crippen LogP contribution < -0.4 is 10.9 Å². The fourth-order valence-corrected chi connectivity index (χ4v) is 2.30. The first-order chi connectivity index (χ1) is 10.6. The Balaban J connectivity index is 2.04. The summed E-state index contributed by atoms with van der Waals surface area (Å²) >= 11 is 0. The van der Waals surface area contributed by atoms with Crippen LogP contribution in [-0.2, 0) is 6.42 Å². The van der Waals surface area contributed by atoms with Crippen molar-refractivity contribution in [2.24, 2.45) is 0 Å². The standard InChI is InChI=1S/C17H24N4O/c1-13-15(12-14-8-5-4-6-9-14)16(22)20-17(19-13)18-10-7-11-21(2)3/h4-6,8-9H,7,10-12H2,1-3H3,(H2,18,19,20,22). The largest absolute Gasteiger partial charge is 0.356 e. The number of nitrogens with zero attached hydrogens (tertiary/aromatic N) is 2. The molecule has 0 radical (unpaired) electrons. The molecule has 0 unspecified atom stereocenters. The van der Waals surface area contributed by atoms with Crippen molar-refractivity contribution < 1.29 is 0 Å². The molecule has 0 amide bonds. The van der Waals surface area contributed by atoms with E-state index >= 15 is 0 Å². The molecule has 0 saturated carbocycles. The van der Waals surface area contributed by atoms with Gasteiger partial charge in [0.1, 0.15) is 0 Å². The van der Waals surface area contributed by atoms with E-state index in [1.807, 2.05) is 51.4 Å². The third-order valence-corrected chi connectivity index (χ3v) is 3.52. The zero-order valence-corrected chi connectivity index (χ0v) is 13.5. The van der Waals surface area contributed by atoms with Gasteiger partial charge in [0.05, 0.1) is 5.69 Å². The SMILES string of the molecule is Cc1nc(NCCCN(C)C)[nH]c(=O)c1Cc1ccccc1. The van der Waals surface area contributed by atoms with E-state index in [1.54, 1.807) is 0 Å². The molecule has 1 aromatic heterocycles. The number of rotatable bonds is 7. The number of H-pyrrole nitrogens is 1. The number of anilines is 1. The van der Waals surface area contributed by atoms with Gasteiger partial charge in [-0.2, -0.15) is 0 Å². The second-order valence-electron chi connectivity index (χ2n) is 5.72. The average Bonchev–Trinajstić information content (AvgIpc) is 2.48. The molecule has 2 aromatic rings. The normalized spacial score (nSPS) is 10.9. The fourth-order valence-electron chi connectivity index (χ4n) is 2.30. The van der Waals surface area contributed by atoms with E-state index in [4.69, 9.17) is 0 Å². The summed E-state index contributed by atoms with van der Waals surface area (Å²) in [4.78, 5) is 21.7. The molecule has 0 aliphatic heterocycles. The molecule has 5 heteroatoms. The molecule has 1 heterocycles. The van der Waals surface area contributed by atoms with E-state index in [2.05, 4.69) is 20.2 Å². The minimum Gasteiger partial charge on any atom is -0.356 e. The first-order valence-electron chi connectivity index (χ1n) is 7.58. The van der Waals surface area contributed by atoms with E-state index in [-0.39, 0.29) is 5.56 Å². The Morgan fingerprint density at radius 1 is 1.23 bits per heavy atom. The van der Waals surface area contributed by atoms with Crippen LogP contribution in [0.25, 0.3) is 0 Å². The first kappa shape index (κ1) is 16.2. The van der Waals surface area contributed by atoms with Crippen LogP contribution in [0.5, 0.6) is 0 Å². The third-order valence-electron chi connectivity index (χ3n) is 3.52. The van der Waals surface area contributed by atoms with Gasteiger partial charge in [0, 0.05) is 18.5 Å². The molecular weight excluding hydrogens is 276 g/mol. The molecule has 2 N–H and O–H groups in total. The number of hydrogen-bond acceptors (Lipinski definition) is 4. The van der Waals surface area contributed by atoms with Crippen molar-refractivity contribution in [3.8, 4) is 0 Å². The average molecular weight is 300 g/mol. The number of benzene rings is 1. The van der Waals surface area contributed by atoms with Gasteiger partial charge in [-0.1, -0.05) is 30.3 Å². The lowest BCUT2D eigenvalue weighted by atomic mass is 10.1. The summed E-state index contributed by atoms with van der Waals surface area (Å²) in [7, 11) is 4.09. The fraction of sp³-hybridized carbons (Fsp3) is 0.412. The van der Waals surface area contributed by atoms with E-state index in [0.29, 0.717) is 12.4 Å². The molecule has 0 saturated heterocycles. The summed E-state index contributed by atoms with van der Waals surface area (Å²) in [6, 6.07) is 9.97. The summed E-state index contributed by atoms with van der Waals surface area (Å²) in [5.74, 6) is 0.554. The van der Waals surface area contributed by atoms with Crippen molar-refractivity contribution >= 4 is 5.95 Å². The second kappa shape index (κ2) is 7.75. The van der Waals surface area contributed by atoms with Gasteiger partial charge in [-0.25, -0.2) is 4.98 Å². The molecule has 2 rings (SSSR count). The summed E-state index contributed by atoms with van der Waals surface area (Å²) in [5.41, 5.74) is 2.56. The number of aromatic amines is 1. The molecule has 0 atom stereocenters. The summed E-state index contributed by atoms with van der Waals surface area (Å²) in [5, 5.41) is 3.18. The lowest BCUT2D eigenvalue weighted by Crippen LogP contribution is -2.21. The van der Waals surface area contributed by atoms with Crippen molar-refractivity contribution in [3.63, 3.8) is 0 Å². The molecule has 118 valence electrons. The molecule has 22 heavy (non-hydrogen) atoms. The topological polar surface area (TPSA) is 61.0 Å². The van der Waals surface area contributed by atoms with Gasteiger partial charge in [0.2, 0.25) is 5.95 Å². The maximum atomic E-state index is 12.3. The van der Waals surface area contributed by atoms with Crippen LogP contribution in [0.4, 0.5) is 5.95 Å². The Morgan fingerprint density at radius 3 is 2.59 bits per heavy atom. The molecule has 0 aliphatic rings. The van der Waals surface area contributed by atoms with Crippen LogP contribution in [0.2, 0.25) is 0 Å². The summed E-state index contributed by atoms with van der Waals surface area (Å²) in [6.45, 7) is 3.68. The van der Waals surface area contributed by atoms with E-state index in [1.165, 1.54) is 0 Å². The summed E-state index contributed by atoms with van der Waals surface area (Å²) in [6.07, 6.45) is 1.61. The maximum Gasteiger partial charge on any atom is 0.256 e. The molecule has 0 bridgehead atoms. The van der Waals surface area contributed by atoms with Crippen LogP contribution in [0.3, 0.4) is 0 Å². The van der Waals surface area contributed by atoms with Crippen LogP contribution in [0.1, 0.15) is 23.2 Å². The minimum atomic E-state index is -0.0635. The van der Waals surface area contributed by atoms with Gasteiger partial charge in [-0.05, 0) is 39.5 Å². The highest BCUT2D eigenvalue weighted by atomic mass is 16.1. The first-order valence-corrected chi connectivity index (χ1v) is 7.58. The van der Waals surface area contributed by atoms with Gasteiger partial charge in [0.25, 0.3) is 5.56 Å². The van der Waals surface area contributed by atoms with Crippen LogP contribution in [0, 0.1) is 6.92 Å². The van der Waals surface area contributed by atoms with Crippen LogP contribution >= 0.6 is 0 Å². The monoisotopic (exact) mass is 300 g/mol. The van der Waals surface area contributed by atoms with Crippen LogP contribution in [0.15, 0.2) is 35.1 Å². The van der Waals surface area contributed by atoms with Gasteiger partial charge < -0.3 is 10.2 Å². The maximum absolute atomic E-state index is 12.3. The Morgan fingerprint density at radius 2 is 1.95 bits per heavy atom. The van der Waals surface area contributed by atoms with Gasteiger partial charge in [0.15, 0.2) is 0 Å². The van der Waals surface area contributed by atoms with E-state index in [0.717, 1.165) is 36.3 Å². The molecule has 0 aliphatic carbocycles. The number of aromatic nitrogens is 2. The lowest BCUT2D eigenvalue weighted by Gasteiger charge is -2.11. The highest BCUT2D eigenvalue weighted by molar-refractivity contribution is 5.32. The van der Waals surface area contributed by atoms with E-state index < -0.39 is 0 Å². The number of aryl methyl sites for hydroxylation is 1. The van der Waals surface area contributed by atoms with Crippen molar-refractivity contribution in [2.45, 2.75) is 19.8 Å². The van der Waals surface area contributed by atoms with Gasteiger partial charge in [-0.15, -0.1) is 0 Å². The summed E-state index contributed by atoms with van der Waals surface area (Å²) < 4.78 is 0. The highest BCUT2D eigenvalue weighted by Crippen LogP contribution is 2.09. The Hall–Kier alpha value is -2.14. The zero-order valence-electron chi connectivity index (χ0n) is 13.5. The minimum absolute atomic E-state index is 0.0635. The van der Waals surface area contributed by atoms with Crippen molar-refractivity contribution in [2.75, 3.05) is 32.5 Å². The third kappa shape index (κ3) is 4.70. The molecule has 0 fully saturated rings. The second-order valence-corrected chi connectivity index (χ2v) is 5.72. The Bertz CT molecular complexity index is 649. The van der Waals surface area contributed by atoms with E-state index in [9.17, 15) is 4.79 Å². The molecule has 0 spiro atoms. The molecule has 1 aromatic carbocycles. The Kier molecular flexibility index (Phi) is 5.72. The highest BCUT2D eigenvalue weighted by Gasteiger charge is 2.08. The predicted octanol–water partition coefficient (Wildman–Crippen LogP) is 2.03. The smallest absolute Gasteiger partial charge is 0.256 e. The number of hydrogen-bond donors (Lipinski definition) is 2. The van der Waals surface area contributed by atoms with Gasteiger partial charge >= 0.3 is 0 Å². The zero-order chi connectivity index (χ0) is 15.9. The molecular formula is C17H24N4O. The van der Waals surface area contributed by atoms with Crippen molar-refractivity contribution in [1.29, 1.82) is 0 Å². The van der Waals surface area contributed by atoms with Gasteiger partial charge in [-0.3, -0.25) is 9.78 Å². The van der Waals surface area contributed by atoms with Crippen molar-refractivity contribution in [1.82, 2.24) is 14.9 Å². The lowest BCUT2D eigenvalue weighted by molar-refractivity contribution is 0.405. The molecule has 5 nitrogen and oxygen atoms in total. The quantitative estimate of drug-likeness (QED) is 0.768. The predicted molar refractivity (Wildman–Crippen MR) is 90.5 cm³/mol. The Labute approximate surface area is 131 Å². The van der Waals surface area contributed by atoms with Crippen molar-refractivity contribution in [3.05, 3.63) is 57.5 Å². The number of nitrogens with one attached hydrogen (secondary N) is 2.